The summed E-state index contributed by atoms with van der Waals surface area (Å²) in [6, 6.07) is 4.64. The van der Waals surface area contributed by atoms with Gasteiger partial charge in [0.15, 0.2) is 0 Å². The number of aliphatic hydroxyl groups is 1. The average Bonchev–Trinajstić information content (AvgIpc) is 2.90. The summed E-state index contributed by atoms with van der Waals surface area (Å²) in [5.74, 6) is 1.03. The van der Waals surface area contributed by atoms with Gasteiger partial charge in [-0.3, -0.25) is 4.90 Å². The van der Waals surface area contributed by atoms with E-state index in [1.54, 1.807) is 13.1 Å². The van der Waals surface area contributed by atoms with Gasteiger partial charge < -0.3 is 10.0 Å². The number of hydrogen-bond donors (Lipinski definition) is 1. The maximum absolute atomic E-state index is 9.50. The first-order valence-electron chi connectivity index (χ1n) is 7.28. The van der Waals surface area contributed by atoms with Gasteiger partial charge in [0.1, 0.15) is 5.82 Å². The Kier molecular flexibility index (Phi) is 4.77. The van der Waals surface area contributed by atoms with E-state index in [1.807, 2.05) is 12.1 Å². The van der Waals surface area contributed by atoms with Crippen molar-refractivity contribution in [3.8, 4) is 0 Å². The Morgan fingerprint density at radius 3 is 2.68 bits per heavy atom. The van der Waals surface area contributed by atoms with Crippen LogP contribution in [0.25, 0.3) is 0 Å². The third-order valence-corrected chi connectivity index (χ3v) is 4.07. The molecular weight excluding hydrogens is 238 g/mol. The topological polar surface area (TPSA) is 39.6 Å². The zero-order valence-corrected chi connectivity index (χ0v) is 12.2. The molecule has 2 atom stereocenters. The van der Waals surface area contributed by atoms with Gasteiger partial charge in [-0.05, 0) is 38.1 Å². The minimum atomic E-state index is -0.441. The van der Waals surface area contributed by atoms with E-state index in [1.165, 1.54) is 6.42 Å². The summed E-state index contributed by atoms with van der Waals surface area (Å²) < 4.78 is 0. The molecule has 0 aromatic carbocycles. The standard InChI is InChI=1S/C15H25N3O/c1-4-17(5-2)14-8-9-18(11-14)15-7-6-13(10-16-15)12(3)19/h6-7,10,12,14,19H,4-5,8-9,11H2,1-3H3. The quantitative estimate of drug-likeness (QED) is 0.882. The summed E-state index contributed by atoms with van der Waals surface area (Å²) in [6.07, 6.45) is 2.55. The number of nitrogens with zero attached hydrogens (tertiary/aromatic N) is 3. The lowest BCUT2D eigenvalue weighted by molar-refractivity contribution is 0.199. The SMILES string of the molecule is CCN(CC)C1CCN(c2ccc(C(C)O)cn2)C1. The maximum atomic E-state index is 9.50. The van der Waals surface area contributed by atoms with Crippen LogP contribution in [-0.2, 0) is 0 Å². The zero-order chi connectivity index (χ0) is 13.8. The summed E-state index contributed by atoms with van der Waals surface area (Å²) in [4.78, 5) is 9.33. The summed E-state index contributed by atoms with van der Waals surface area (Å²) in [5, 5.41) is 9.50. The van der Waals surface area contributed by atoms with Gasteiger partial charge in [0, 0.05) is 25.3 Å². The number of hydrogen-bond acceptors (Lipinski definition) is 4. The Hall–Kier alpha value is -1.13. The molecule has 2 rings (SSSR count). The van der Waals surface area contributed by atoms with Crippen LogP contribution in [0.3, 0.4) is 0 Å². The van der Waals surface area contributed by atoms with Gasteiger partial charge in [0.05, 0.1) is 6.10 Å². The highest BCUT2D eigenvalue weighted by Gasteiger charge is 2.26. The van der Waals surface area contributed by atoms with Crippen LogP contribution in [-0.4, -0.2) is 47.2 Å². The molecular formula is C15H25N3O. The van der Waals surface area contributed by atoms with Crippen molar-refractivity contribution < 1.29 is 5.11 Å². The first kappa shape index (κ1) is 14.3. The van der Waals surface area contributed by atoms with E-state index in [0.29, 0.717) is 6.04 Å². The van der Waals surface area contributed by atoms with E-state index in [4.69, 9.17) is 0 Å². The Labute approximate surface area is 116 Å². The Bertz CT molecular complexity index is 387. The van der Waals surface area contributed by atoms with Crippen LogP contribution in [0, 0.1) is 0 Å². The Morgan fingerprint density at radius 2 is 2.16 bits per heavy atom. The third kappa shape index (κ3) is 3.25. The second-order valence-corrected chi connectivity index (χ2v) is 5.24. The van der Waals surface area contributed by atoms with Gasteiger partial charge in [-0.15, -0.1) is 0 Å². The van der Waals surface area contributed by atoms with Gasteiger partial charge in [-0.25, -0.2) is 4.98 Å². The molecule has 1 aliphatic rings. The average molecular weight is 263 g/mol. The number of aliphatic hydroxyl groups excluding tert-OH is 1. The minimum absolute atomic E-state index is 0.441. The molecule has 0 spiro atoms. The maximum Gasteiger partial charge on any atom is 0.128 e. The number of anilines is 1. The zero-order valence-electron chi connectivity index (χ0n) is 12.2. The summed E-state index contributed by atoms with van der Waals surface area (Å²) >= 11 is 0. The van der Waals surface area contributed by atoms with Crippen molar-refractivity contribution in [3.05, 3.63) is 23.9 Å². The van der Waals surface area contributed by atoms with E-state index in [-0.39, 0.29) is 0 Å². The number of likely N-dealkylation sites (N-methyl/N-ethyl adjacent to an activating group) is 1. The van der Waals surface area contributed by atoms with Crippen molar-refractivity contribution in [1.29, 1.82) is 0 Å². The highest BCUT2D eigenvalue weighted by molar-refractivity contribution is 5.41. The molecule has 1 aromatic rings. The molecule has 19 heavy (non-hydrogen) atoms. The number of aromatic nitrogens is 1. The van der Waals surface area contributed by atoms with Crippen LogP contribution in [0.15, 0.2) is 18.3 Å². The lowest BCUT2D eigenvalue weighted by Crippen LogP contribution is -2.37. The molecule has 1 saturated heterocycles. The normalized spacial score (nSPS) is 21.1. The predicted octanol–water partition coefficient (Wildman–Crippen LogP) is 2.06. The predicted molar refractivity (Wildman–Crippen MR) is 78.4 cm³/mol. The smallest absolute Gasteiger partial charge is 0.128 e. The van der Waals surface area contributed by atoms with Crippen molar-refractivity contribution >= 4 is 5.82 Å². The van der Waals surface area contributed by atoms with E-state index >= 15 is 0 Å². The van der Waals surface area contributed by atoms with Crippen LogP contribution < -0.4 is 4.90 Å². The molecule has 0 bridgehead atoms. The second-order valence-electron chi connectivity index (χ2n) is 5.24. The molecule has 0 saturated carbocycles. The Balaban J connectivity index is 2.00. The lowest BCUT2D eigenvalue weighted by atomic mass is 10.2. The van der Waals surface area contributed by atoms with Crippen LogP contribution >= 0.6 is 0 Å². The van der Waals surface area contributed by atoms with Crippen molar-refractivity contribution in [2.45, 2.75) is 39.3 Å². The first-order valence-corrected chi connectivity index (χ1v) is 7.28. The number of pyridine rings is 1. The molecule has 0 amide bonds. The molecule has 4 heteroatoms. The van der Waals surface area contributed by atoms with Crippen molar-refractivity contribution in [2.75, 3.05) is 31.1 Å². The van der Waals surface area contributed by atoms with Crippen LogP contribution in [0.5, 0.6) is 0 Å². The van der Waals surface area contributed by atoms with E-state index in [0.717, 1.165) is 37.6 Å². The van der Waals surface area contributed by atoms with Gasteiger partial charge in [-0.1, -0.05) is 19.9 Å². The highest BCUT2D eigenvalue weighted by atomic mass is 16.3. The fourth-order valence-electron chi connectivity index (χ4n) is 2.82. The van der Waals surface area contributed by atoms with Crippen molar-refractivity contribution in [3.63, 3.8) is 0 Å². The van der Waals surface area contributed by atoms with E-state index in [2.05, 4.69) is 28.6 Å². The lowest BCUT2D eigenvalue weighted by Gasteiger charge is -2.26. The van der Waals surface area contributed by atoms with Crippen molar-refractivity contribution in [1.82, 2.24) is 9.88 Å². The van der Waals surface area contributed by atoms with Crippen molar-refractivity contribution in [2.24, 2.45) is 0 Å². The molecule has 0 aliphatic carbocycles. The fourth-order valence-corrected chi connectivity index (χ4v) is 2.82. The van der Waals surface area contributed by atoms with E-state index < -0.39 is 6.10 Å². The molecule has 2 heterocycles. The minimum Gasteiger partial charge on any atom is -0.389 e. The molecule has 0 radical (unpaired) electrons. The molecule has 1 N–H and O–H groups in total. The Morgan fingerprint density at radius 1 is 1.42 bits per heavy atom. The van der Waals surface area contributed by atoms with E-state index in [9.17, 15) is 5.11 Å². The molecule has 1 aliphatic heterocycles. The molecule has 2 unspecified atom stereocenters. The molecule has 1 aromatic heterocycles. The van der Waals surface area contributed by atoms with Gasteiger partial charge >= 0.3 is 0 Å². The summed E-state index contributed by atoms with van der Waals surface area (Å²) in [7, 11) is 0. The molecule has 4 nitrogen and oxygen atoms in total. The summed E-state index contributed by atoms with van der Waals surface area (Å²) in [5.41, 5.74) is 0.878. The third-order valence-electron chi connectivity index (χ3n) is 4.07. The second kappa shape index (κ2) is 6.35. The molecule has 1 fully saturated rings. The fraction of sp³-hybridized carbons (Fsp3) is 0.667. The van der Waals surface area contributed by atoms with Crippen LogP contribution in [0.2, 0.25) is 0 Å². The van der Waals surface area contributed by atoms with Gasteiger partial charge in [0.2, 0.25) is 0 Å². The van der Waals surface area contributed by atoms with Crippen LogP contribution in [0.1, 0.15) is 38.9 Å². The number of rotatable bonds is 5. The monoisotopic (exact) mass is 263 g/mol. The van der Waals surface area contributed by atoms with Gasteiger partial charge in [0.25, 0.3) is 0 Å². The summed E-state index contributed by atoms with van der Waals surface area (Å²) in [6.45, 7) is 10.6. The van der Waals surface area contributed by atoms with Crippen LogP contribution in [0.4, 0.5) is 5.82 Å². The van der Waals surface area contributed by atoms with Gasteiger partial charge in [-0.2, -0.15) is 0 Å². The highest BCUT2D eigenvalue weighted by Crippen LogP contribution is 2.22. The molecule has 106 valence electrons. The largest absolute Gasteiger partial charge is 0.389 e. The first-order chi connectivity index (χ1) is 9.15.